The number of aryl methyl sites for hydroxylation is 1. The number of aliphatic carboxylic acids is 1. The average molecular weight is 310 g/mol. The molecule has 0 atom stereocenters. The van der Waals surface area contributed by atoms with Gasteiger partial charge in [0.2, 0.25) is 5.69 Å². The zero-order valence-electron chi connectivity index (χ0n) is 13.0. The molecule has 1 heterocycles. The summed E-state index contributed by atoms with van der Waals surface area (Å²) in [7, 11) is 2.00. The van der Waals surface area contributed by atoms with Crippen LogP contribution < -0.4 is 4.68 Å². The van der Waals surface area contributed by atoms with Crippen molar-refractivity contribution in [2.45, 2.75) is 45.2 Å². The van der Waals surface area contributed by atoms with Crippen molar-refractivity contribution in [1.29, 1.82) is 0 Å². The molecule has 0 aliphatic carbocycles. The highest BCUT2D eigenvalue weighted by molar-refractivity contribution is 5.66. The maximum absolute atomic E-state index is 10.4. The van der Waals surface area contributed by atoms with Gasteiger partial charge >= 0.3 is 5.97 Å². The van der Waals surface area contributed by atoms with E-state index >= 15 is 0 Å². The molecule has 0 bridgehead atoms. The van der Waals surface area contributed by atoms with Gasteiger partial charge in [-0.2, -0.15) is 4.68 Å². The first-order valence-corrected chi connectivity index (χ1v) is 7.46. The summed E-state index contributed by atoms with van der Waals surface area (Å²) in [4.78, 5) is 15.3. The van der Waals surface area contributed by atoms with Crippen LogP contribution in [0.1, 0.15) is 37.8 Å². The fraction of sp³-hybridized carbons (Fsp3) is 0.769. The van der Waals surface area contributed by atoms with Gasteiger partial charge in [-0.15, -0.1) is 0 Å². The Morgan fingerprint density at radius 3 is 3.05 bits per heavy atom. The van der Waals surface area contributed by atoms with Crippen LogP contribution in [0.4, 0.5) is 0 Å². The smallest absolute Gasteiger partial charge is 0.303 e. The number of nitrogens with zero attached hydrogens (tertiary/aromatic N) is 6. The molecule has 22 heavy (non-hydrogen) atoms. The number of carboxylic acids is 1. The molecule has 0 aliphatic heterocycles. The molecule has 0 saturated heterocycles. The van der Waals surface area contributed by atoms with Crippen LogP contribution in [-0.2, 0) is 17.9 Å². The molecule has 1 aromatic rings. The van der Waals surface area contributed by atoms with E-state index in [1.165, 1.54) is 0 Å². The predicted octanol–water partition coefficient (Wildman–Crippen LogP) is 1.47. The number of rotatable bonds is 12. The van der Waals surface area contributed by atoms with E-state index in [0.717, 1.165) is 44.6 Å². The zero-order chi connectivity index (χ0) is 16.2. The summed E-state index contributed by atoms with van der Waals surface area (Å²) in [6.07, 6.45) is 5.58. The van der Waals surface area contributed by atoms with Gasteiger partial charge in [0.1, 0.15) is 6.54 Å². The van der Waals surface area contributed by atoms with Crippen LogP contribution in [-0.4, -0.2) is 46.4 Å². The van der Waals surface area contributed by atoms with Gasteiger partial charge in [0.25, 0.3) is 0 Å². The maximum atomic E-state index is 10.4. The summed E-state index contributed by atoms with van der Waals surface area (Å²) in [5.74, 6) is -0.736. The normalized spacial score (nSPS) is 10.6. The second kappa shape index (κ2) is 10.6. The Morgan fingerprint density at radius 2 is 2.32 bits per heavy atom. The summed E-state index contributed by atoms with van der Waals surface area (Å²) < 4.78 is 1.92. The standard InChI is InChI=1S/C13H23N7O2/c1-19(8-5-7-15-17-14)10-12-11-20(18-16-12)9-4-2-3-6-13(21)22/h11H,2-10H2,1H3,(H,21,22)/p+1. The molecule has 0 aromatic carbocycles. The number of hydrogen-bond acceptors (Lipinski definition) is 4. The van der Waals surface area contributed by atoms with Crippen LogP contribution in [0.2, 0.25) is 0 Å². The Balaban J connectivity index is 2.20. The minimum absolute atomic E-state index is 0.236. The molecule has 1 aromatic heterocycles. The second-order valence-electron chi connectivity index (χ2n) is 5.28. The Hall–Kier alpha value is -2.12. The molecule has 9 heteroatoms. The van der Waals surface area contributed by atoms with Crippen LogP contribution in [0.15, 0.2) is 11.3 Å². The molecule has 0 aliphatic rings. The average Bonchev–Trinajstić information content (AvgIpc) is 2.90. The van der Waals surface area contributed by atoms with Crippen molar-refractivity contribution in [2.75, 3.05) is 20.1 Å². The first-order chi connectivity index (χ1) is 10.6. The molecule has 0 spiro atoms. The first-order valence-electron chi connectivity index (χ1n) is 7.46. The van der Waals surface area contributed by atoms with Gasteiger partial charge in [-0.1, -0.05) is 10.3 Å². The number of azide groups is 1. The van der Waals surface area contributed by atoms with E-state index in [9.17, 15) is 4.79 Å². The van der Waals surface area contributed by atoms with Crippen molar-refractivity contribution in [2.24, 2.45) is 5.11 Å². The Kier molecular flexibility index (Phi) is 8.63. The second-order valence-corrected chi connectivity index (χ2v) is 5.28. The summed E-state index contributed by atoms with van der Waals surface area (Å²) >= 11 is 0. The van der Waals surface area contributed by atoms with Crippen LogP contribution >= 0.6 is 0 Å². The van der Waals surface area contributed by atoms with Crippen molar-refractivity contribution in [1.82, 2.24) is 15.2 Å². The van der Waals surface area contributed by atoms with Crippen molar-refractivity contribution < 1.29 is 14.6 Å². The Bertz CT molecular complexity index is 496. The highest BCUT2D eigenvalue weighted by Crippen LogP contribution is 2.00. The van der Waals surface area contributed by atoms with E-state index in [2.05, 4.69) is 25.2 Å². The van der Waals surface area contributed by atoms with Crippen LogP contribution in [0.3, 0.4) is 0 Å². The number of aromatic amines is 1. The zero-order valence-corrected chi connectivity index (χ0v) is 13.0. The van der Waals surface area contributed by atoms with Crippen molar-refractivity contribution in [3.63, 3.8) is 0 Å². The number of hydrogen-bond donors (Lipinski definition) is 2. The maximum Gasteiger partial charge on any atom is 0.303 e. The van der Waals surface area contributed by atoms with Gasteiger partial charge in [-0.25, -0.2) is 0 Å². The lowest BCUT2D eigenvalue weighted by Crippen LogP contribution is -2.35. The third-order valence-electron chi connectivity index (χ3n) is 3.21. The number of carboxylic acid groups (broad SMARTS) is 1. The van der Waals surface area contributed by atoms with Gasteiger partial charge in [0.15, 0.2) is 6.20 Å². The molecule has 1 rings (SSSR count). The molecule has 0 saturated carbocycles. The number of H-pyrrole nitrogens is 1. The predicted molar refractivity (Wildman–Crippen MR) is 79.9 cm³/mol. The SMILES string of the molecule is CN(CCCN=[N+]=[N-])Cc1c[n+](CCCCCC(=O)O)[nH]n1. The lowest BCUT2D eigenvalue weighted by atomic mass is 10.2. The lowest BCUT2D eigenvalue weighted by Gasteiger charge is -2.11. The minimum atomic E-state index is -0.736. The number of aromatic nitrogens is 3. The van der Waals surface area contributed by atoms with Gasteiger partial charge in [-0.3, -0.25) is 9.69 Å². The van der Waals surface area contributed by atoms with Crippen LogP contribution in [0, 0.1) is 0 Å². The third kappa shape index (κ3) is 8.23. The summed E-state index contributed by atoms with van der Waals surface area (Å²) in [5.41, 5.74) is 9.16. The quantitative estimate of drug-likeness (QED) is 0.199. The Morgan fingerprint density at radius 1 is 1.50 bits per heavy atom. The molecule has 0 fully saturated rings. The molecule has 122 valence electrons. The molecular formula is C13H24N7O2+. The molecule has 9 nitrogen and oxygen atoms in total. The van der Waals surface area contributed by atoms with E-state index in [1.54, 1.807) is 0 Å². The van der Waals surface area contributed by atoms with Gasteiger partial charge < -0.3 is 5.11 Å². The molecule has 0 amide bonds. The van der Waals surface area contributed by atoms with Crippen LogP contribution in [0.25, 0.3) is 10.4 Å². The summed E-state index contributed by atoms with van der Waals surface area (Å²) in [6.45, 7) is 2.91. The van der Waals surface area contributed by atoms with Crippen molar-refractivity contribution in [3.05, 3.63) is 22.3 Å². The minimum Gasteiger partial charge on any atom is -0.481 e. The molecule has 0 radical (unpaired) electrons. The molecule has 0 unspecified atom stereocenters. The fourth-order valence-corrected chi connectivity index (χ4v) is 2.10. The number of carbonyl (C=O) groups is 1. The first kappa shape index (κ1) is 17.9. The van der Waals surface area contributed by atoms with Crippen LogP contribution in [0.5, 0.6) is 0 Å². The topological polar surface area (TPSA) is 122 Å². The summed E-state index contributed by atoms with van der Waals surface area (Å²) in [5, 5.41) is 19.3. The van der Waals surface area contributed by atoms with E-state index in [-0.39, 0.29) is 6.42 Å². The van der Waals surface area contributed by atoms with E-state index in [1.807, 2.05) is 17.9 Å². The van der Waals surface area contributed by atoms with Crippen molar-refractivity contribution in [3.8, 4) is 0 Å². The van der Waals surface area contributed by atoms with Crippen molar-refractivity contribution >= 4 is 5.97 Å². The molecular weight excluding hydrogens is 286 g/mol. The van der Waals surface area contributed by atoms with Gasteiger partial charge in [0.05, 0.1) is 6.54 Å². The van der Waals surface area contributed by atoms with Gasteiger partial charge in [-0.05, 0) is 44.8 Å². The van der Waals surface area contributed by atoms with E-state index in [0.29, 0.717) is 13.0 Å². The number of unbranched alkanes of at least 4 members (excludes halogenated alkanes) is 2. The Labute approximate surface area is 129 Å². The fourth-order valence-electron chi connectivity index (χ4n) is 2.10. The van der Waals surface area contributed by atoms with E-state index in [4.69, 9.17) is 10.6 Å². The number of nitrogens with one attached hydrogen (secondary N) is 1. The van der Waals surface area contributed by atoms with Gasteiger partial charge in [0, 0.05) is 23.0 Å². The largest absolute Gasteiger partial charge is 0.481 e. The lowest BCUT2D eigenvalue weighted by molar-refractivity contribution is -0.754. The highest BCUT2D eigenvalue weighted by atomic mass is 16.4. The van der Waals surface area contributed by atoms with E-state index < -0.39 is 5.97 Å². The molecule has 2 N–H and O–H groups in total. The third-order valence-corrected chi connectivity index (χ3v) is 3.21. The monoisotopic (exact) mass is 310 g/mol. The summed E-state index contributed by atoms with van der Waals surface area (Å²) in [6, 6.07) is 0. The highest BCUT2D eigenvalue weighted by Gasteiger charge is 2.11.